The number of amides is 4. The van der Waals surface area contributed by atoms with Crippen LogP contribution in [0.3, 0.4) is 0 Å². The number of hydrogen-bond donors (Lipinski definition) is 9. The highest BCUT2D eigenvalue weighted by molar-refractivity contribution is 5.96. The molecule has 0 heterocycles. The van der Waals surface area contributed by atoms with Crippen LogP contribution in [0, 0.1) is 5.92 Å². The molecule has 0 aliphatic rings. The molecule has 0 aliphatic heterocycles. The lowest BCUT2D eigenvalue weighted by Crippen LogP contribution is -2.58. The average Bonchev–Trinajstić information content (AvgIpc) is 2.73. The summed E-state index contributed by atoms with van der Waals surface area (Å²) < 4.78 is 0. The summed E-state index contributed by atoms with van der Waals surface area (Å²) in [6, 6.07) is -5.61. The Balaban J connectivity index is 5.67. The number of hydrogen-bond acceptors (Lipinski definition) is 8. The third-order valence-corrected chi connectivity index (χ3v) is 4.67. The van der Waals surface area contributed by atoms with Gasteiger partial charge in [-0.25, -0.2) is 4.79 Å². The summed E-state index contributed by atoms with van der Waals surface area (Å²) in [5.74, 6) is -6.84. The Morgan fingerprint density at radius 2 is 1.33 bits per heavy atom. The third kappa shape index (κ3) is 13.7. The van der Waals surface area contributed by atoms with Crippen molar-refractivity contribution in [3.05, 3.63) is 0 Å². The highest BCUT2D eigenvalue weighted by Gasteiger charge is 2.31. The van der Waals surface area contributed by atoms with Gasteiger partial charge in [0.1, 0.15) is 18.1 Å². The molecule has 0 aliphatic carbocycles. The van der Waals surface area contributed by atoms with Gasteiger partial charge in [0.25, 0.3) is 0 Å². The van der Waals surface area contributed by atoms with E-state index < -0.39 is 72.6 Å². The Morgan fingerprint density at radius 1 is 0.806 bits per heavy atom. The maximum Gasteiger partial charge on any atom is 0.326 e. The van der Waals surface area contributed by atoms with Gasteiger partial charge in [0, 0.05) is 6.54 Å². The molecule has 0 bridgehead atoms. The van der Waals surface area contributed by atoms with Crippen molar-refractivity contribution in [1.82, 2.24) is 16.0 Å². The molecule has 4 amide bonds. The molecule has 36 heavy (non-hydrogen) atoms. The van der Waals surface area contributed by atoms with E-state index in [0.717, 1.165) is 0 Å². The molecular formula is C20H36N8O8. The van der Waals surface area contributed by atoms with Gasteiger partial charge in [-0.2, -0.15) is 0 Å². The average molecular weight is 517 g/mol. The fraction of sp³-hybridized carbons (Fsp3) is 0.650. The number of nitrogens with one attached hydrogen (secondary N) is 3. The van der Waals surface area contributed by atoms with E-state index in [0.29, 0.717) is 6.42 Å². The van der Waals surface area contributed by atoms with Crippen molar-refractivity contribution in [1.29, 1.82) is 0 Å². The Kier molecular flexibility index (Phi) is 14.1. The summed E-state index contributed by atoms with van der Waals surface area (Å²) in [6.07, 6.45) is -1.17. The van der Waals surface area contributed by atoms with Crippen molar-refractivity contribution in [2.24, 2.45) is 33.8 Å². The number of guanidine groups is 1. The van der Waals surface area contributed by atoms with E-state index in [2.05, 4.69) is 15.6 Å². The zero-order valence-corrected chi connectivity index (χ0v) is 20.2. The van der Waals surface area contributed by atoms with Gasteiger partial charge in [0.2, 0.25) is 23.6 Å². The highest BCUT2D eigenvalue weighted by Crippen LogP contribution is 2.06. The van der Waals surface area contributed by atoms with Crippen molar-refractivity contribution < 1.29 is 39.0 Å². The van der Waals surface area contributed by atoms with Crippen LogP contribution in [0.2, 0.25) is 0 Å². The second kappa shape index (κ2) is 15.9. The minimum absolute atomic E-state index is 0.0605. The van der Waals surface area contributed by atoms with Crippen molar-refractivity contribution in [2.45, 2.75) is 70.1 Å². The molecule has 13 N–H and O–H groups in total. The van der Waals surface area contributed by atoms with Gasteiger partial charge in [0.05, 0.1) is 18.9 Å². The van der Waals surface area contributed by atoms with E-state index in [1.807, 2.05) is 19.2 Å². The first-order valence-electron chi connectivity index (χ1n) is 11.1. The van der Waals surface area contributed by atoms with Gasteiger partial charge in [0.15, 0.2) is 5.96 Å². The van der Waals surface area contributed by atoms with Crippen LogP contribution < -0.4 is 38.9 Å². The van der Waals surface area contributed by atoms with Gasteiger partial charge in [-0.1, -0.05) is 13.8 Å². The number of nitrogens with two attached hydrogens (primary N) is 4. The molecule has 0 saturated carbocycles. The quantitative estimate of drug-likeness (QED) is 0.0514. The number of carbonyl (C=O) groups excluding carboxylic acids is 4. The second-order valence-electron chi connectivity index (χ2n) is 8.47. The van der Waals surface area contributed by atoms with Crippen LogP contribution in [0.5, 0.6) is 0 Å². The minimum atomic E-state index is -1.78. The molecule has 0 saturated heterocycles. The Bertz CT molecular complexity index is 844. The van der Waals surface area contributed by atoms with Crippen LogP contribution in [-0.2, 0) is 28.8 Å². The van der Waals surface area contributed by atoms with E-state index in [4.69, 9.17) is 28.0 Å². The van der Waals surface area contributed by atoms with Crippen molar-refractivity contribution in [2.75, 3.05) is 6.54 Å². The van der Waals surface area contributed by atoms with E-state index in [1.54, 1.807) is 0 Å². The van der Waals surface area contributed by atoms with E-state index in [9.17, 15) is 33.9 Å². The molecule has 0 radical (unpaired) electrons. The monoisotopic (exact) mass is 516 g/mol. The summed E-state index contributed by atoms with van der Waals surface area (Å²) in [6.45, 7) is 3.73. The van der Waals surface area contributed by atoms with E-state index in [1.165, 1.54) is 0 Å². The molecule has 4 unspecified atom stereocenters. The van der Waals surface area contributed by atoms with Crippen molar-refractivity contribution in [3.63, 3.8) is 0 Å². The Morgan fingerprint density at radius 3 is 1.81 bits per heavy atom. The molecule has 0 spiro atoms. The van der Waals surface area contributed by atoms with Crippen LogP contribution >= 0.6 is 0 Å². The highest BCUT2D eigenvalue weighted by atomic mass is 16.4. The van der Waals surface area contributed by atoms with E-state index in [-0.39, 0.29) is 31.3 Å². The summed E-state index contributed by atoms with van der Waals surface area (Å²) in [5, 5.41) is 24.8. The van der Waals surface area contributed by atoms with Crippen molar-refractivity contribution >= 4 is 41.5 Å². The molecule has 204 valence electrons. The van der Waals surface area contributed by atoms with Gasteiger partial charge in [-0.15, -0.1) is 0 Å². The number of nitrogens with zero attached hydrogens (tertiary/aromatic N) is 1. The lowest BCUT2D eigenvalue weighted by molar-refractivity contribution is -0.147. The Hall–Kier alpha value is -3.95. The molecule has 0 fully saturated rings. The summed E-state index contributed by atoms with van der Waals surface area (Å²) in [5.41, 5.74) is 21.5. The molecule has 16 heteroatoms. The lowest BCUT2D eigenvalue weighted by Gasteiger charge is -2.24. The van der Waals surface area contributed by atoms with E-state index >= 15 is 0 Å². The van der Waals surface area contributed by atoms with Crippen LogP contribution in [0.1, 0.15) is 46.0 Å². The third-order valence-electron chi connectivity index (χ3n) is 4.67. The first kappa shape index (κ1) is 32.0. The molecule has 0 aromatic rings. The second-order valence-corrected chi connectivity index (χ2v) is 8.47. The molecule has 0 aromatic carbocycles. The zero-order chi connectivity index (χ0) is 28.0. The van der Waals surface area contributed by atoms with Gasteiger partial charge >= 0.3 is 11.9 Å². The number of primary amides is 1. The molecule has 16 nitrogen and oxygen atoms in total. The standard InChI is InChI=1S/C20H36N8O8/c1-9(2)6-10(21)16(32)27-12(7-14(22)29)18(34)26-11(4-3-5-25-20(23)24)17(33)28-13(19(35)36)8-15(30)31/h9-13H,3-8,21H2,1-2H3,(H2,22,29)(H,26,34)(H,27,32)(H,28,33)(H,30,31)(H,35,36)(H4,23,24,25). The maximum absolute atomic E-state index is 12.9. The number of aliphatic imine (C=N–C) groups is 1. The van der Waals surface area contributed by atoms with Gasteiger partial charge in [-0.3, -0.25) is 29.0 Å². The molecule has 0 aromatic heterocycles. The molecule has 4 atom stereocenters. The summed E-state index contributed by atoms with van der Waals surface area (Å²) in [4.78, 5) is 75.5. The predicted octanol–water partition coefficient (Wildman–Crippen LogP) is -3.70. The predicted molar refractivity (Wildman–Crippen MR) is 127 cm³/mol. The SMILES string of the molecule is CC(C)CC(N)C(=O)NC(CC(N)=O)C(=O)NC(CCCN=C(N)N)C(=O)NC(CC(=O)O)C(=O)O. The number of rotatable bonds is 17. The van der Waals surface area contributed by atoms with Gasteiger partial charge in [-0.05, 0) is 25.2 Å². The van der Waals surface area contributed by atoms with Gasteiger partial charge < -0.3 is 49.1 Å². The number of carboxylic acid groups (broad SMARTS) is 2. The van der Waals surface area contributed by atoms with Crippen LogP contribution in [0.15, 0.2) is 4.99 Å². The lowest BCUT2D eigenvalue weighted by atomic mass is 10.0. The molecule has 0 rings (SSSR count). The fourth-order valence-electron chi connectivity index (χ4n) is 3.00. The first-order chi connectivity index (χ1) is 16.6. The zero-order valence-electron chi connectivity index (χ0n) is 20.2. The van der Waals surface area contributed by atoms with Crippen LogP contribution in [0.25, 0.3) is 0 Å². The smallest absolute Gasteiger partial charge is 0.326 e. The number of carboxylic acids is 2. The van der Waals surface area contributed by atoms with Crippen LogP contribution in [0.4, 0.5) is 0 Å². The van der Waals surface area contributed by atoms with Crippen molar-refractivity contribution in [3.8, 4) is 0 Å². The number of aliphatic carboxylic acids is 2. The minimum Gasteiger partial charge on any atom is -0.481 e. The topological polar surface area (TPSA) is 295 Å². The largest absolute Gasteiger partial charge is 0.481 e. The summed E-state index contributed by atoms with van der Waals surface area (Å²) in [7, 11) is 0. The first-order valence-corrected chi connectivity index (χ1v) is 11.1. The summed E-state index contributed by atoms with van der Waals surface area (Å²) >= 11 is 0. The normalized spacial score (nSPS) is 14.0. The maximum atomic E-state index is 12.9. The fourth-order valence-corrected chi connectivity index (χ4v) is 3.00. The number of carbonyl (C=O) groups is 6. The van der Waals surface area contributed by atoms with Crippen LogP contribution in [-0.4, -0.2) is 82.5 Å². The molecular weight excluding hydrogens is 480 g/mol. The Labute approximate surface area is 207 Å².